The van der Waals surface area contributed by atoms with Gasteiger partial charge in [-0.2, -0.15) is 0 Å². The van der Waals surface area contributed by atoms with Crippen LogP contribution in [0.1, 0.15) is 124 Å². The van der Waals surface area contributed by atoms with Gasteiger partial charge in [0.2, 0.25) is 23.6 Å². The zero-order valence-electron chi connectivity index (χ0n) is 38.4. The number of carbonyl (C=O) groups excluding carboxylic acids is 7. The number of cyclic esters (lactones) is 1. The number of imide groups is 1. The summed E-state index contributed by atoms with van der Waals surface area (Å²) in [5.74, 6) is -3.91. The van der Waals surface area contributed by atoms with Gasteiger partial charge in [0, 0.05) is 60.7 Å². The molecular formula is C48H59FN8O10. The molecule has 5 heterocycles. The molecule has 4 aliphatic rings. The SMILES string of the molecule is Cc1c(F)cc2nc3c(c4c2c1CC[C@@H]4NC(=O)CCCNC(=O)[C@H](CCCCN)NC(=O)[C@@H](NC(=O)CCCCCN1C(=O)C=CC1=O)C(C)C)Cn1c-3cc2c(c1=O)COC(=O)[C@@]2(C)O. The summed E-state index contributed by atoms with van der Waals surface area (Å²) < 4.78 is 22.0. The molecule has 0 saturated heterocycles. The molecule has 0 bridgehead atoms. The quantitative estimate of drug-likeness (QED) is 0.0424. The third-order valence-corrected chi connectivity index (χ3v) is 13.3. The molecule has 67 heavy (non-hydrogen) atoms. The molecule has 0 unspecified atom stereocenters. The molecule has 2 aromatic heterocycles. The first-order valence-corrected chi connectivity index (χ1v) is 23.1. The Balaban J connectivity index is 0.967. The Hall–Kier alpha value is -6.34. The number of esters is 1. The smallest absolute Gasteiger partial charge is 0.342 e. The van der Waals surface area contributed by atoms with E-state index in [1.54, 1.807) is 26.8 Å². The van der Waals surface area contributed by atoms with Gasteiger partial charge in [-0.25, -0.2) is 14.2 Å². The van der Waals surface area contributed by atoms with Gasteiger partial charge < -0.3 is 41.4 Å². The van der Waals surface area contributed by atoms with E-state index in [1.807, 2.05) is 0 Å². The molecule has 7 N–H and O–H groups in total. The van der Waals surface area contributed by atoms with Crippen molar-refractivity contribution >= 4 is 52.3 Å². The lowest BCUT2D eigenvalue weighted by Gasteiger charge is -2.30. The molecule has 0 spiro atoms. The van der Waals surface area contributed by atoms with Gasteiger partial charge in [-0.15, -0.1) is 0 Å². The van der Waals surface area contributed by atoms with E-state index < -0.39 is 52.9 Å². The minimum absolute atomic E-state index is 0.0371. The van der Waals surface area contributed by atoms with Crippen LogP contribution in [-0.2, 0) is 63.5 Å². The topological polar surface area (TPSA) is 261 Å². The zero-order chi connectivity index (χ0) is 48.3. The number of halogens is 1. The molecular weight excluding hydrogens is 868 g/mol. The molecule has 358 valence electrons. The maximum Gasteiger partial charge on any atom is 0.342 e. The Morgan fingerprint density at radius 2 is 1.67 bits per heavy atom. The molecule has 1 aromatic carbocycles. The lowest BCUT2D eigenvalue weighted by Crippen LogP contribution is -2.55. The number of ether oxygens (including phenoxy) is 1. The number of aryl methyl sites for hydroxylation is 1. The average Bonchev–Trinajstić information content (AvgIpc) is 3.82. The number of benzene rings is 1. The third kappa shape index (κ3) is 10.0. The van der Waals surface area contributed by atoms with Gasteiger partial charge in [-0.05, 0) is 100 Å². The summed E-state index contributed by atoms with van der Waals surface area (Å²) in [6.45, 7) is 7.12. The second kappa shape index (κ2) is 20.3. The molecule has 0 saturated carbocycles. The molecule has 7 rings (SSSR count). The highest BCUT2D eigenvalue weighted by Crippen LogP contribution is 2.45. The Morgan fingerprint density at radius 1 is 0.940 bits per heavy atom. The van der Waals surface area contributed by atoms with Crippen molar-refractivity contribution in [1.29, 1.82) is 0 Å². The minimum Gasteiger partial charge on any atom is -0.458 e. The summed E-state index contributed by atoms with van der Waals surface area (Å²) in [6, 6.07) is 0.542. The number of aliphatic hydroxyl groups is 1. The fraction of sp³-hybridized carbons (Fsp3) is 0.521. The van der Waals surface area contributed by atoms with Crippen LogP contribution in [0, 0.1) is 18.7 Å². The van der Waals surface area contributed by atoms with E-state index in [-0.39, 0.29) is 86.2 Å². The van der Waals surface area contributed by atoms with Crippen molar-refractivity contribution in [2.45, 2.75) is 135 Å². The number of aromatic nitrogens is 2. The first-order valence-electron chi connectivity index (χ1n) is 23.1. The largest absolute Gasteiger partial charge is 0.458 e. The summed E-state index contributed by atoms with van der Waals surface area (Å²) in [5.41, 5.74) is 7.22. The molecule has 19 heteroatoms. The lowest BCUT2D eigenvalue weighted by molar-refractivity contribution is -0.169. The van der Waals surface area contributed by atoms with Gasteiger partial charge in [0.05, 0.1) is 35.1 Å². The summed E-state index contributed by atoms with van der Waals surface area (Å²) in [7, 11) is 0. The van der Waals surface area contributed by atoms with Crippen molar-refractivity contribution in [2.24, 2.45) is 11.7 Å². The van der Waals surface area contributed by atoms with E-state index in [2.05, 4.69) is 21.3 Å². The third-order valence-electron chi connectivity index (χ3n) is 13.3. The number of fused-ring (bicyclic) bond motifs is 5. The molecule has 1 aliphatic carbocycles. The van der Waals surface area contributed by atoms with Gasteiger partial charge >= 0.3 is 5.97 Å². The highest BCUT2D eigenvalue weighted by Gasteiger charge is 2.44. The van der Waals surface area contributed by atoms with Crippen LogP contribution in [-0.4, -0.2) is 92.7 Å². The number of rotatable bonds is 20. The molecule has 0 radical (unpaired) electrons. The number of hydrogen-bond donors (Lipinski definition) is 6. The predicted octanol–water partition coefficient (Wildman–Crippen LogP) is 2.38. The number of amides is 6. The summed E-state index contributed by atoms with van der Waals surface area (Å²) in [4.78, 5) is 110. The second-order valence-corrected chi connectivity index (χ2v) is 18.3. The van der Waals surface area contributed by atoms with Crippen LogP contribution >= 0.6 is 0 Å². The number of nitrogens with two attached hydrogens (primary N) is 1. The van der Waals surface area contributed by atoms with Gasteiger partial charge in [0.25, 0.3) is 17.4 Å². The monoisotopic (exact) mass is 926 g/mol. The van der Waals surface area contributed by atoms with Crippen LogP contribution in [0.4, 0.5) is 4.39 Å². The van der Waals surface area contributed by atoms with Crippen LogP contribution in [0.5, 0.6) is 0 Å². The lowest BCUT2D eigenvalue weighted by atomic mass is 9.81. The van der Waals surface area contributed by atoms with Gasteiger partial charge in [0.1, 0.15) is 24.5 Å². The molecule has 3 aromatic rings. The van der Waals surface area contributed by atoms with Crippen molar-refractivity contribution in [3.8, 4) is 11.4 Å². The number of carbonyl (C=O) groups is 7. The zero-order valence-corrected chi connectivity index (χ0v) is 38.4. The van der Waals surface area contributed by atoms with Crippen LogP contribution in [0.15, 0.2) is 29.1 Å². The van der Waals surface area contributed by atoms with Crippen molar-refractivity contribution in [1.82, 2.24) is 35.7 Å². The molecule has 0 fully saturated rings. The summed E-state index contributed by atoms with van der Waals surface area (Å²) in [5, 5.41) is 23.4. The van der Waals surface area contributed by atoms with E-state index in [0.29, 0.717) is 91.3 Å². The number of unbranched alkanes of at least 4 members (excludes halogenated alkanes) is 3. The normalized spacial score (nSPS) is 18.9. The van der Waals surface area contributed by atoms with Crippen LogP contribution < -0.4 is 32.6 Å². The maximum atomic E-state index is 15.3. The Morgan fingerprint density at radius 3 is 2.39 bits per heavy atom. The minimum atomic E-state index is -2.07. The fourth-order valence-corrected chi connectivity index (χ4v) is 9.49. The van der Waals surface area contributed by atoms with E-state index in [4.69, 9.17) is 15.5 Å². The van der Waals surface area contributed by atoms with Crippen molar-refractivity contribution in [3.05, 3.63) is 73.8 Å². The van der Waals surface area contributed by atoms with E-state index >= 15 is 4.39 Å². The molecule has 3 aliphatic heterocycles. The Kier molecular flexibility index (Phi) is 14.7. The predicted molar refractivity (Wildman–Crippen MR) is 242 cm³/mol. The second-order valence-electron chi connectivity index (χ2n) is 18.3. The van der Waals surface area contributed by atoms with Crippen molar-refractivity contribution < 1.29 is 47.8 Å². The Bertz CT molecular complexity index is 2600. The van der Waals surface area contributed by atoms with Gasteiger partial charge in [-0.1, -0.05) is 20.3 Å². The number of hydrogen-bond acceptors (Lipinski definition) is 12. The van der Waals surface area contributed by atoms with Crippen LogP contribution in [0.2, 0.25) is 0 Å². The van der Waals surface area contributed by atoms with Crippen LogP contribution in [0.25, 0.3) is 22.3 Å². The average molecular weight is 927 g/mol. The molecule has 4 atom stereocenters. The van der Waals surface area contributed by atoms with E-state index in [1.165, 1.54) is 29.7 Å². The van der Waals surface area contributed by atoms with Crippen molar-refractivity contribution in [2.75, 3.05) is 19.6 Å². The Labute approximate surface area is 386 Å². The standard InChI is InChI=1S/C48H59FN8O10/c1-25(2)42(55-37(59)12-6-5-9-20-56-38(60)16-17-39(56)61)45(63)54-33(11-7-8-18-50)44(62)51-19-10-13-36(58)52-32-15-14-27-26(3)31(49)22-34-40(27)41(32)28-23-57-35(43(28)53-34)21-30-29(46(57)64)24-67-47(65)48(30,4)66/h16-17,21-22,25,32-33,42,66H,5-15,18-20,23-24,50H2,1-4H3,(H,51,62)(H,52,58)(H,54,63)(H,55,59)/t32-,33-,42-,48-/m0/s1. The van der Waals surface area contributed by atoms with Gasteiger partial charge in [0.15, 0.2) is 5.60 Å². The fourth-order valence-electron chi connectivity index (χ4n) is 9.49. The first kappa shape index (κ1) is 48.6. The van der Waals surface area contributed by atoms with E-state index in [0.717, 1.165) is 16.0 Å². The maximum absolute atomic E-state index is 15.3. The van der Waals surface area contributed by atoms with E-state index in [9.17, 15) is 43.5 Å². The summed E-state index contributed by atoms with van der Waals surface area (Å²) in [6.07, 6.45) is 6.88. The highest BCUT2D eigenvalue weighted by atomic mass is 19.1. The highest BCUT2D eigenvalue weighted by molar-refractivity contribution is 6.12. The molecule has 18 nitrogen and oxygen atoms in total. The number of nitrogens with zero attached hydrogens (tertiary/aromatic N) is 3. The van der Waals surface area contributed by atoms with Gasteiger partial charge in [-0.3, -0.25) is 38.5 Å². The molecule has 6 amide bonds. The van der Waals surface area contributed by atoms with Crippen LogP contribution in [0.3, 0.4) is 0 Å². The summed E-state index contributed by atoms with van der Waals surface area (Å²) >= 11 is 0. The first-order chi connectivity index (χ1) is 31.9. The number of nitrogens with one attached hydrogen (secondary N) is 4. The number of pyridine rings is 2. The van der Waals surface area contributed by atoms with Crippen molar-refractivity contribution in [3.63, 3.8) is 0 Å².